The first-order valence-electron chi connectivity index (χ1n) is 11.5. The van der Waals surface area contributed by atoms with Gasteiger partial charge >= 0.3 is 0 Å². The SMILES string of the molecule is Cc1cc(C=Nc2ccc(N3CCOCC3)cc2)c(C)n1-c1ccc(-c2ccccc2)cc1. The molecular formula is C29H29N3O. The summed E-state index contributed by atoms with van der Waals surface area (Å²) in [6, 6.07) is 29.9. The summed E-state index contributed by atoms with van der Waals surface area (Å²) in [4.78, 5) is 7.10. The molecule has 0 radical (unpaired) electrons. The van der Waals surface area contributed by atoms with Crippen LogP contribution in [0.3, 0.4) is 0 Å². The van der Waals surface area contributed by atoms with Crippen LogP contribution >= 0.6 is 0 Å². The van der Waals surface area contributed by atoms with Crippen LogP contribution in [-0.2, 0) is 4.74 Å². The van der Waals surface area contributed by atoms with Crippen molar-refractivity contribution in [2.45, 2.75) is 13.8 Å². The first-order valence-corrected chi connectivity index (χ1v) is 11.5. The molecule has 1 aliphatic rings. The van der Waals surface area contributed by atoms with Crippen LogP contribution in [0.2, 0.25) is 0 Å². The lowest BCUT2D eigenvalue weighted by Crippen LogP contribution is -2.36. The predicted octanol–water partition coefficient (Wildman–Crippen LogP) is 6.35. The van der Waals surface area contributed by atoms with Gasteiger partial charge in [0.05, 0.1) is 18.9 Å². The molecule has 0 bridgehead atoms. The highest BCUT2D eigenvalue weighted by molar-refractivity contribution is 5.84. The quantitative estimate of drug-likeness (QED) is 0.342. The number of hydrogen-bond acceptors (Lipinski definition) is 3. The van der Waals surface area contributed by atoms with Gasteiger partial charge in [-0.25, -0.2) is 0 Å². The van der Waals surface area contributed by atoms with E-state index in [2.05, 4.69) is 102 Å². The van der Waals surface area contributed by atoms with Gasteiger partial charge in [-0.05, 0) is 67.4 Å². The topological polar surface area (TPSA) is 29.8 Å². The minimum absolute atomic E-state index is 0.796. The third-order valence-electron chi connectivity index (χ3n) is 6.28. The Morgan fingerprint density at radius 3 is 2.09 bits per heavy atom. The Morgan fingerprint density at radius 1 is 0.758 bits per heavy atom. The predicted molar refractivity (Wildman–Crippen MR) is 137 cm³/mol. The average Bonchev–Trinajstić information content (AvgIpc) is 3.17. The third-order valence-corrected chi connectivity index (χ3v) is 6.28. The molecule has 1 aliphatic heterocycles. The van der Waals surface area contributed by atoms with Gasteiger partial charge in [0.1, 0.15) is 0 Å². The van der Waals surface area contributed by atoms with Crippen molar-refractivity contribution in [3.8, 4) is 16.8 Å². The summed E-state index contributed by atoms with van der Waals surface area (Å²) < 4.78 is 7.74. The van der Waals surface area contributed by atoms with E-state index in [1.165, 1.54) is 33.9 Å². The van der Waals surface area contributed by atoms with E-state index in [-0.39, 0.29) is 0 Å². The molecule has 0 saturated carbocycles. The molecule has 166 valence electrons. The molecule has 5 rings (SSSR count). The number of nitrogens with zero attached hydrogens (tertiary/aromatic N) is 3. The lowest BCUT2D eigenvalue weighted by molar-refractivity contribution is 0.122. The van der Waals surface area contributed by atoms with Crippen LogP contribution in [0.15, 0.2) is 89.9 Å². The van der Waals surface area contributed by atoms with Crippen molar-refractivity contribution < 1.29 is 4.74 Å². The number of benzene rings is 3. The van der Waals surface area contributed by atoms with E-state index in [0.29, 0.717) is 0 Å². The lowest BCUT2D eigenvalue weighted by atomic mass is 10.1. The fourth-order valence-electron chi connectivity index (χ4n) is 4.46. The molecule has 33 heavy (non-hydrogen) atoms. The van der Waals surface area contributed by atoms with E-state index < -0.39 is 0 Å². The summed E-state index contributed by atoms with van der Waals surface area (Å²) in [7, 11) is 0. The van der Waals surface area contributed by atoms with E-state index in [9.17, 15) is 0 Å². The summed E-state index contributed by atoms with van der Waals surface area (Å²) in [6.45, 7) is 7.78. The van der Waals surface area contributed by atoms with Gasteiger partial charge in [0.2, 0.25) is 0 Å². The molecule has 0 spiro atoms. The van der Waals surface area contributed by atoms with Crippen LogP contribution in [0.25, 0.3) is 16.8 Å². The molecule has 1 aromatic heterocycles. The molecule has 1 fully saturated rings. The standard InChI is InChI=1S/C29H29N3O/c1-22-20-26(21-30-27-10-14-28(15-11-27)31-16-18-33-19-17-31)23(2)32(22)29-12-8-25(9-13-29)24-6-4-3-5-7-24/h3-15,20-21H,16-19H2,1-2H3. The summed E-state index contributed by atoms with van der Waals surface area (Å²) in [5, 5.41) is 0. The number of rotatable bonds is 5. The fraction of sp³-hybridized carbons (Fsp3) is 0.207. The van der Waals surface area contributed by atoms with Crippen LogP contribution < -0.4 is 4.90 Å². The smallest absolute Gasteiger partial charge is 0.0642 e. The number of hydrogen-bond donors (Lipinski definition) is 0. The van der Waals surface area contributed by atoms with Crippen molar-refractivity contribution in [2.75, 3.05) is 31.2 Å². The maximum atomic E-state index is 5.45. The number of aromatic nitrogens is 1. The zero-order valence-electron chi connectivity index (χ0n) is 19.2. The largest absolute Gasteiger partial charge is 0.378 e. The molecule has 0 amide bonds. The molecule has 2 heterocycles. The van der Waals surface area contributed by atoms with Gasteiger partial charge in [0, 0.05) is 47.6 Å². The monoisotopic (exact) mass is 435 g/mol. The number of anilines is 1. The second-order valence-corrected chi connectivity index (χ2v) is 8.45. The Labute approximate surface area is 195 Å². The highest BCUT2D eigenvalue weighted by Crippen LogP contribution is 2.25. The van der Waals surface area contributed by atoms with Gasteiger partial charge < -0.3 is 14.2 Å². The van der Waals surface area contributed by atoms with Gasteiger partial charge in [-0.1, -0.05) is 42.5 Å². The molecule has 4 heteroatoms. The van der Waals surface area contributed by atoms with Crippen molar-refractivity contribution in [1.82, 2.24) is 4.57 Å². The zero-order valence-corrected chi connectivity index (χ0v) is 19.2. The Kier molecular flexibility index (Phi) is 6.09. The van der Waals surface area contributed by atoms with Gasteiger partial charge in [0.25, 0.3) is 0 Å². The first kappa shape index (κ1) is 21.2. The summed E-state index contributed by atoms with van der Waals surface area (Å²) in [5.41, 5.74) is 9.34. The second-order valence-electron chi connectivity index (χ2n) is 8.45. The number of aliphatic imine (C=N–C) groups is 1. The third kappa shape index (κ3) is 4.62. The Hall–Kier alpha value is -3.63. The van der Waals surface area contributed by atoms with Crippen molar-refractivity contribution >= 4 is 17.6 Å². The Balaban J connectivity index is 1.34. The van der Waals surface area contributed by atoms with Crippen LogP contribution in [0.5, 0.6) is 0 Å². The van der Waals surface area contributed by atoms with Crippen LogP contribution in [0.1, 0.15) is 17.0 Å². The summed E-state index contributed by atoms with van der Waals surface area (Å²) in [5.74, 6) is 0. The minimum atomic E-state index is 0.796. The lowest BCUT2D eigenvalue weighted by Gasteiger charge is -2.28. The molecule has 1 saturated heterocycles. The number of aryl methyl sites for hydroxylation is 1. The van der Waals surface area contributed by atoms with Crippen molar-refractivity contribution in [1.29, 1.82) is 0 Å². The number of morpholine rings is 1. The van der Waals surface area contributed by atoms with E-state index in [0.717, 1.165) is 37.6 Å². The van der Waals surface area contributed by atoms with Crippen LogP contribution in [0.4, 0.5) is 11.4 Å². The maximum absolute atomic E-state index is 5.45. The highest BCUT2D eigenvalue weighted by Gasteiger charge is 2.11. The fourth-order valence-corrected chi connectivity index (χ4v) is 4.46. The van der Waals surface area contributed by atoms with Gasteiger partial charge in [-0.2, -0.15) is 0 Å². The zero-order chi connectivity index (χ0) is 22.6. The molecule has 4 aromatic rings. The summed E-state index contributed by atoms with van der Waals surface area (Å²) in [6.07, 6.45) is 1.97. The molecule has 0 N–H and O–H groups in total. The van der Waals surface area contributed by atoms with E-state index >= 15 is 0 Å². The molecular weight excluding hydrogens is 406 g/mol. The first-order chi connectivity index (χ1) is 16.2. The van der Waals surface area contributed by atoms with Gasteiger partial charge in [-0.15, -0.1) is 0 Å². The van der Waals surface area contributed by atoms with Crippen LogP contribution in [0, 0.1) is 13.8 Å². The van der Waals surface area contributed by atoms with Crippen molar-refractivity contribution in [3.63, 3.8) is 0 Å². The molecule has 3 aromatic carbocycles. The number of ether oxygens (including phenoxy) is 1. The van der Waals surface area contributed by atoms with Crippen molar-refractivity contribution in [2.24, 2.45) is 4.99 Å². The van der Waals surface area contributed by atoms with Gasteiger partial charge in [0.15, 0.2) is 0 Å². The minimum Gasteiger partial charge on any atom is -0.378 e. The Bertz CT molecular complexity index is 1230. The molecule has 0 atom stereocenters. The maximum Gasteiger partial charge on any atom is 0.0642 e. The van der Waals surface area contributed by atoms with E-state index in [4.69, 9.17) is 9.73 Å². The molecule has 0 aliphatic carbocycles. The summed E-state index contributed by atoms with van der Waals surface area (Å²) >= 11 is 0. The normalized spacial score (nSPS) is 14.2. The van der Waals surface area contributed by atoms with Gasteiger partial charge in [-0.3, -0.25) is 4.99 Å². The molecule has 0 unspecified atom stereocenters. The van der Waals surface area contributed by atoms with E-state index in [1.807, 2.05) is 12.3 Å². The van der Waals surface area contributed by atoms with E-state index in [1.54, 1.807) is 0 Å². The average molecular weight is 436 g/mol. The highest BCUT2D eigenvalue weighted by atomic mass is 16.5. The second kappa shape index (κ2) is 9.47. The van der Waals surface area contributed by atoms with Crippen LogP contribution in [-0.4, -0.2) is 37.1 Å². The van der Waals surface area contributed by atoms with Crippen molar-refractivity contribution in [3.05, 3.63) is 102 Å². The molecule has 4 nitrogen and oxygen atoms in total. The Morgan fingerprint density at radius 2 is 1.39 bits per heavy atom.